The van der Waals surface area contributed by atoms with E-state index in [1.807, 2.05) is 36.4 Å². The maximum Gasteiger partial charge on any atom is 0.126 e. The van der Waals surface area contributed by atoms with Crippen molar-refractivity contribution < 1.29 is 9.50 Å². The Hall–Kier alpha value is -2.26. The van der Waals surface area contributed by atoms with Crippen LogP contribution in [0.25, 0.3) is 10.9 Å². The number of benzene rings is 2. The van der Waals surface area contributed by atoms with Gasteiger partial charge in [-0.15, -0.1) is 0 Å². The summed E-state index contributed by atoms with van der Waals surface area (Å²) >= 11 is 0. The zero-order valence-corrected chi connectivity index (χ0v) is 11.4. The number of halogens is 1. The number of aromatic nitrogens is 1. The SMILES string of the molecule is OC1(c2cccc3ncccc23)CCc2c(F)cccc21. The lowest BCUT2D eigenvalue weighted by molar-refractivity contribution is 0.0845. The van der Waals surface area contributed by atoms with Gasteiger partial charge in [-0.1, -0.05) is 30.3 Å². The highest BCUT2D eigenvalue weighted by Gasteiger charge is 2.40. The van der Waals surface area contributed by atoms with Crippen molar-refractivity contribution in [3.05, 3.63) is 77.2 Å². The van der Waals surface area contributed by atoms with E-state index in [2.05, 4.69) is 4.98 Å². The van der Waals surface area contributed by atoms with E-state index < -0.39 is 5.60 Å². The number of nitrogens with zero attached hydrogens (tertiary/aromatic N) is 1. The molecule has 0 saturated heterocycles. The van der Waals surface area contributed by atoms with Crippen molar-refractivity contribution in [2.75, 3.05) is 0 Å². The van der Waals surface area contributed by atoms with E-state index in [1.165, 1.54) is 6.07 Å². The third-order valence-corrected chi connectivity index (χ3v) is 4.39. The molecule has 0 bridgehead atoms. The summed E-state index contributed by atoms with van der Waals surface area (Å²) in [7, 11) is 0. The Morgan fingerprint density at radius 1 is 1.00 bits per heavy atom. The highest BCUT2D eigenvalue weighted by molar-refractivity contribution is 5.83. The molecule has 0 aliphatic heterocycles. The summed E-state index contributed by atoms with van der Waals surface area (Å²) in [6.45, 7) is 0. The molecule has 3 heteroatoms. The molecule has 1 aliphatic rings. The lowest BCUT2D eigenvalue weighted by atomic mass is 9.85. The molecule has 1 heterocycles. The predicted molar refractivity (Wildman–Crippen MR) is 79.5 cm³/mol. The second-order valence-corrected chi connectivity index (χ2v) is 5.50. The zero-order chi connectivity index (χ0) is 14.4. The Balaban J connectivity index is 2.01. The van der Waals surface area contributed by atoms with Crippen LogP contribution in [0.2, 0.25) is 0 Å². The molecule has 1 aromatic heterocycles. The Bertz CT molecular complexity index is 840. The van der Waals surface area contributed by atoms with E-state index >= 15 is 0 Å². The molecular formula is C18H14FNO. The van der Waals surface area contributed by atoms with Crippen LogP contribution in [-0.2, 0) is 12.0 Å². The molecule has 0 spiro atoms. The van der Waals surface area contributed by atoms with E-state index in [0.717, 1.165) is 16.5 Å². The highest BCUT2D eigenvalue weighted by Crippen LogP contribution is 2.44. The van der Waals surface area contributed by atoms with E-state index in [1.54, 1.807) is 12.3 Å². The topological polar surface area (TPSA) is 33.1 Å². The van der Waals surface area contributed by atoms with E-state index in [9.17, 15) is 9.50 Å². The number of aliphatic hydroxyl groups is 1. The molecule has 0 fully saturated rings. The van der Waals surface area contributed by atoms with Gasteiger partial charge in [-0.05, 0) is 47.7 Å². The average Bonchev–Trinajstić information content (AvgIpc) is 2.87. The molecule has 1 unspecified atom stereocenters. The van der Waals surface area contributed by atoms with Crippen molar-refractivity contribution in [2.24, 2.45) is 0 Å². The fourth-order valence-corrected chi connectivity index (χ4v) is 3.38. The predicted octanol–water partition coefficient (Wildman–Crippen LogP) is 3.56. The molecule has 0 saturated carbocycles. The molecule has 0 amide bonds. The van der Waals surface area contributed by atoms with Gasteiger partial charge in [-0.25, -0.2) is 4.39 Å². The number of hydrogen-bond donors (Lipinski definition) is 1. The van der Waals surface area contributed by atoms with Gasteiger partial charge >= 0.3 is 0 Å². The normalized spacial score (nSPS) is 20.7. The van der Waals surface area contributed by atoms with Crippen LogP contribution in [0.1, 0.15) is 23.1 Å². The van der Waals surface area contributed by atoms with Gasteiger partial charge in [0.2, 0.25) is 0 Å². The molecule has 0 radical (unpaired) electrons. The van der Waals surface area contributed by atoms with Crippen LogP contribution in [0, 0.1) is 5.82 Å². The average molecular weight is 279 g/mol. The van der Waals surface area contributed by atoms with Crippen LogP contribution < -0.4 is 0 Å². The van der Waals surface area contributed by atoms with Crippen LogP contribution in [-0.4, -0.2) is 10.1 Å². The summed E-state index contributed by atoms with van der Waals surface area (Å²) in [4.78, 5) is 4.33. The third-order valence-electron chi connectivity index (χ3n) is 4.39. The van der Waals surface area contributed by atoms with Crippen molar-refractivity contribution in [2.45, 2.75) is 18.4 Å². The second kappa shape index (κ2) is 4.37. The minimum atomic E-state index is -1.14. The van der Waals surface area contributed by atoms with Crippen molar-refractivity contribution >= 4 is 10.9 Å². The van der Waals surface area contributed by atoms with Crippen molar-refractivity contribution in [3.63, 3.8) is 0 Å². The van der Waals surface area contributed by atoms with Crippen LogP contribution >= 0.6 is 0 Å². The molecule has 2 aromatic carbocycles. The first kappa shape index (κ1) is 12.5. The first-order valence-electron chi connectivity index (χ1n) is 7.04. The van der Waals surface area contributed by atoms with Crippen LogP contribution in [0.4, 0.5) is 4.39 Å². The Labute approximate surface area is 121 Å². The van der Waals surface area contributed by atoms with Crippen LogP contribution in [0.15, 0.2) is 54.7 Å². The summed E-state index contributed by atoms with van der Waals surface area (Å²) in [6, 6.07) is 14.5. The van der Waals surface area contributed by atoms with Gasteiger partial charge in [-0.2, -0.15) is 0 Å². The zero-order valence-electron chi connectivity index (χ0n) is 11.4. The number of pyridine rings is 1. The third kappa shape index (κ3) is 1.71. The second-order valence-electron chi connectivity index (χ2n) is 5.50. The molecule has 104 valence electrons. The Kier molecular flexibility index (Phi) is 2.59. The maximum absolute atomic E-state index is 13.9. The van der Waals surface area contributed by atoms with E-state index in [4.69, 9.17) is 0 Å². The van der Waals surface area contributed by atoms with Gasteiger partial charge in [0.25, 0.3) is 0 Å². The van der Waals surface area contributed by atoms with Gasteiger partial charge in [0.15, 0.2) is 0 Å². The molecule has 2 nitrogen and oxygen atoms in total. The summed E-state index contributed by atoms with van der Waals surface area (Å²) in [6.07, 6.45) is 2.78. The minimum Gasteiger partial charge on any atom is -0.380 e. The van der Waals surface area contributed by atoms with E-state index in [-0.39, 0.29) is 5.82 Å². The standard InChI is InChI=1S/C18H14FNO/c19-16-7-1-5-14-12(16)9-10-18(14,21)15-6-2-8-17-13(15)4-3-11-20-17/h1-8,11,21H,9-10H2. The lowest BCUT2D eigenvalue weighted by Crippen LogP contribution is -2.24. The fourth-order valence-electron chi connectivity index (χ4n) is 3.38. The summed E-state index contributed by atoms with van der Waals surface area (Å²) in [5.74, 6) is -0.234. The quantitative estimate of drug-likeness (QED) is 0.739. The first-order chi connectivity index (χ1) is 10.2. The molecule has 1 N–H and O–H groups in total. The summed E-state index contributed by atoms with van der Waals surface area (Å²) < 4.78 is 13.9. The molecular weight excluding hydrogens is 265 g/mol. The van der Waals surface area contributed by atoms with Gasteiger partial charge < -0.3 is 5.11 Å². The number of fused-ring (bicyclic) bond motifs is 2. The summed E-state index contributed by atoms with van der Waals surface area (Å²) in [5.41, 5.74) is 1.81. The van der Waals surface area contributed by atoms with Crippen LogP contribution in [0.5, 0.6) is 0 Å². The van der Waals surface area contributed by atoms with Crippen molar-refractivity contribution in [1.82, 2.24) is 4.98 Å². The molecule has 1 atom stereocenters. The van der Waals surface area contributed by atoms with E-state index in [0.29, 0.717) is 24.0 Å². The van der Waals surface area contributed by atoms with Gasteiger partial charge in [0.1, 0.15) is 11.4 Å². The molecule has 1 aliphatic carbocycles. The van der Waals surface area contributed by atoms with Crippen LogP contribution in [0.3, 0.4) is 0 Å². The van der Waals surface area contributed by atoms with Crippen molar-refractivity contribution in [1.29, 1.82) is 0 Å². The summed E-state index contributed by atoms with van der Waals surface area (Å²) in [5, 5.41) is 12.2. The van der Waals surface area contributed by atoms with Gasteiger partial charge in [0.05, 0.1) is 5.52 Å². The van der Waals surface area contributed by atoms with Gasteiger partial charge in [0, 0.05) is 11.6 Å². The van der Waals surface area contributed by atoms with Crippen molar-refractivity contribution in [3.8, 4) is 0 Å². The largest absolute Gasteiger partial charge is 0.380 e. The lowest BCUT2D eigenvalue weighted by Gasteiger charge is -2.26. The smallest absolute Gasteiger partial charge is 0.126 e. The molecule has 3 aromatic rings. The Morgan fingerprint density at radius 2 is 1.81 bits per heavy atom. The minimum absolute atomic E-state index is 0.234. The molecule has 4 rings (SSSR count). The fraction of sp³-hybridized carbons (Fsp3) is 0.167. The molecule has 21 heavy (non-hydrogen) atoms. The maximum atomic E-state index is 13.9. The number of rotatable bonds is 1. The van der Waals surface area contributed by atoms with Gasteiger partial charge in [-0.3, -0.25) is 4.98 Å². The number of hydrogen-bond acceptors (Lipinski definition) is 2. The monoisotopic (exact) mass is 279 g/mol. The highest BCUT2D eigenvalue weighted by atomic mass is 19.1. The Morgan fingerprint density at radius 3 is 2.71 bits per heavy atom. The first-order valence-corrected chi connectivity index (χ1v) is 7.04.